The second-order valence-electron chi connectivity index (χ2n) is 1.45. The average molecular weight is 114 g/mol. The SMILES string of the molecule is CC#CCCC(O)O. The maximum atomic E-state index is 8.27. The van der Waals surface area contributed by atoms with Crippen molar-refractivity contribution in [2.75, 3.05) is 0 Å². The zero-order valence-electron chi connectivity index (χ0n) is 4.89. The Hall–Kier alpha value is -0.520. The van der Waals surface area contributed by atoms with Gasteiger partial charge in [-0.2, -0.15) is 0 Å². The molecule has 0 aromatic carbocycles. The van der Waals surface area contributed by atoms with E-state index in [1.54, 1.807) is 6.92 Å². The van der Waals surface area contributed by atoms with E-state index in [0.29, 0.717) is 12.8 Å². The van der Waals surface area contributed by atoms with Crippen LogP contribution in [0.3, 0.4) is 0 Å². The van der Waals surface area contributed by atoms with Gasteiger partial charge in [-0.25, -0.2) is 0 Å². The standard InChI is InChI=1S/C6H10O2/c1-2-3-4-5-6(7)8/h6-8H,4-5H2,1H3. The summed E-state index contributed by atoms with van der Waals surface area (Å²) in [5, 5.41) is 16.5. The molecule has 0 heterocycles. The zero-order valence-corrected chi connectivity index (χ0v) is 4.89. The maximum Gasteiger partial charge on any atom is 0.152 e. The molecule has 8 heavy (non-hydrogen) atoms. The Kier molecular flexibility index (Phi) is 4.33. The first-order valence-electron chi connectivity index (χ1n) is 2.53. The summed E-state index contributed by atoms with van der Waals surface area (Å²) in [6.45, 7) is 1.73. The molecule has 0 aliphatic heterocycles. The second kappa shape index (κ2) is 4.63. The van der Waals surface area contributed by atoms with Gasteiger partial charge in [0.2, 0.25) is 0 Å². The molecule has 0 aliphatic rings. The highest BCUT2D eigenvalue weighted by molar-refractivity contribution is 4.94. The van der Waals surface area contributed by atoms with Crippen molar-refractivity contribution in [2.24, 2.45) is 0 Å². The van der Waals surface area contributed by atoms with Crippen molar-refractivity contribution < 1.29 is 10.2 Å². The van der Waals surface area contributed by atoms with Gasteiger partial charge in [0.05, 0.1) is 0 Å². The number of hydrogen-bond donors (Lipinski definition) is 2. The van der Waals surface area contributed by atoms with E-state index < -0.39 is 6.29 Å². The summed E-state index contributed by atoms with van der Waals surface area (Å²) in [5.74, 6) is 5.36. The van der Waals surface area contributed by atoms with Gasteiger partial charge in [-0.05, 0) is 6.92 Å². The summed E-state index contributed by atoms with van der Waals surface area (Å²) < 4.78 is 0. The van der Waals surface area contributed by atoms with Crippen molar-refractivity contribution in [1.82, 2.24) is 0 Å². The van der Waals surface area contributed by atoms with Gasteiger partial charge in [-0.3, -0.25) is 0 Å². The number of aliphatic hydroxyl groups excluding tert-OH is 1. The molecule has 0 aliphatic carbocycles. The monoisotopic (exact) mass is 114 g/mol. The van der Waals surface area contributed by atoms with Crippen molar-refractivity contribution >= 4 is 0 Å². The van der Waals surface area contributed by atoms with Crippen LogP contribution in [0.1, 0.15) is 19.8 Å². The molecule has 0 saturated carbocycles. The van der Waals surface area contributed by atoms with E-state index in [1.807, 2.05) is 0 Å². The smallest absolute Gasteiger partial charge is 0.152 e. The highest BCUT2D eigenvalue weighted by Crippen LogP contribution is 1.89. The van der Waals surface area contributed by atoms with Crippen LogP contribution in [-0.2, 0) is 0 Å². The fourth-order valence-electron chi connectivity index (χ4n) is 0.326. The predicted octanol–water partition coefficient (Wildman–Crippen LogP) is 0.101. The van der Waals surface area contributed by atoms with E-state index in [1.165, 1.54) is 0 Å². The van der Waals surface area contributed by atoms with Crippen LogP contribution < -0.4 is 0 Å². The van der Waals surface area contributed by atoms with E-state index in [4.69, 9.17) is 10.2 Å². The Morgan fingerprint density at radius 1 is 1.50 bits per heavy atom. The van der Waals surface area contributed by atoms with Crippen LogP contribution in [0.4, 0.5) is 0 Å². The molecule has 0 spiro atoms. The van der Waals surface area contributed by atoms with Crippen LogP contribution >= 0.6 is 0 Å². The molecule has 46 valence electrons. The Balaban J connectivity index is 3.01. The van der Waals surface area contributed by atoms with Gasteiger partial charge in [0.15, 0.2) is 6.29 Å². The largest absolute Gasteiger partial charge is 0.368 e. The van der Waals surface area contributed by atoms with Crippen LogP contribution in [-0.4, -0.2) is 16.5 Å². The number of rotatable bonds is 2. The van der Waals surface area contributed by atoms with Crippen molar-refractivity contribution in [3.63, 3.8) is 0 Å². The van der Waals surface area contributed by atoms with E-state index >= 15 is 0 Å². The number of hydrogen-bond acceptors (Lipinski definition) is 2. The molecular weight excluding hydrogens is 104 g/mol. The first kappa shape index (κ1) is 7.48. The first-order chi connectivity index (χ1) is 3.77. The van der Waals surface area contributed by atoms with Gasteiger partial charge in [0.25, 0.3) is 0 Å². The minimum Gasteiger partial charge on any atom is -0.368 e. The molecular formula is C6H10O2. The zero-order chi connectivity index (χ0) is 6.41. The summed E-state index contributed by atoms with van der Waals surface area (Å²) in [6.07, 6.45) is -0.287. The first-order valence-corrected chi connectivity index (χ1v) is 2.53. The molecule has 0 saturated heterocycles. The Morgan fingerprint density at radius 2 is 2.12 bits per heavy atom. The average Bonchev–Trinajstić information content (AvgIpc) is 1.66. The summed E-state index contributed by atoms with van der Waals surface area (Å²) in [6, 6.07) is 0. The third kappa shape index (κ3) is 5.48. The lowest BCUT2D eigenvalue weighted by molar-refractivity contribution is -0.0438. The van der Waals surface area contributed by atoms with Gasteiger partial charge < -0.3 is 10.2 Å². The quantitative estimate of drug-likeness (QED) is 0.395. The number of aliphatic hydroxyl groups is 2. The minimum atomic E-state index is -1.20. The molecule has 0 fully saturated rings. The fraction of sp³-hybridized carbons (Fsp3) is 0.667. The maximum absolute atomic E-state index is 8.27. The van der Waals surface area contributed by atoms with E-state index in [2.05, 4.69) is 11.8 Å². The highest BCUT2D eigenvalue weighted by Gasteiger charge is 1.91. The van der Waals surface area contributed by atoms with Gasteiger partial charge >= 0.3 is 0 Å². The summed E-state index contributed by atoms with van der Waals surface area (Å²) in [4.78, 5) is 0. The van der Waals surface area contributed by atoms with Crippen molar-refractivity contribution in [2.45, 2.75) is 26.1 Å². The molecule has 0 unspecified atom stereocenters. The van der Waals surface area contributed by atoms with Crippen LogP contribution in [0, 0.1) is 11.8 Å². The van der Waals surface area contributed by atoms with Gasteiger partial charge in [0.1, 0.15) is 0 Å². The normalized spacial score (nSPS) is 8.50. The van der Waals surface area contributed by atoms with Gasteiger partial charge in [-0.1, -0.05) is 0 Å². The van der Waals surface area contributed by atoms with E-state index in [-0.39, 0.29) is 0 Å². The predicted molar refractivity (Wildman–Crippen MR) is 30.9 cm³/mol. The highest BCUT2D eigenvalue weighted by atomic mass is 16.5. The molecule has 0 amide bonds. The van der Waals surface area contributed by atoms with Gasteiger partial charge in [-0.15, -0.1) is 11.8 Å². The Labute approximate surface area is 49.2 Å². The molecule has 0 aromatic heterocycles. The lowest BCUT2D eigenvalue weighted by Gasteiger charge is -1.95. The minimum absolute atomic E-state index is 0.348. The molecule has 2 nitrogen and oxygen atoms in total. The van der Waals surface area contributed by atoms with Crippen LogP contribution in [0.25, 0.3) is 0 Å². The third-order valence-corrected chi connectivity index (χ3v) is 0.704. The van der Waals surface area contributed by atoms with E-state index in [0.717, 1.165) is 0 Å². The topological polar surface area (TPSA) is 40.5 Å². The fourth-order valence-corrected chi connectivity index (χ4v) is 0.326. The molecule has 2 N–H and O–H groups in total. The second-order valence-corrected chi connectivity index (χ2v) is 1.45. The van der Waals surface area contributed by atoms with E-state index in [9.17, 15) is 0 Å². The molecule has 0 rings (SSSR count). The van der Waals surface area contributed by atoms with Crippen LogP contribution in [0.2, 0.25) is 0 Å². The Morgan fingerprint density at radius 3 is 2.50 bits per heavy atom. The lowest BCUT2D eigenvalue weighted by Crippen LogP contribution is -2.01. The summed E-state index contributed by atoms with van der Waals surface area (Å²) in [5.41, 5.74) is 0. The Bertz CT molecular complexity index is 96.8. The third-order valence-electron chi connectivity index (χ3n) is 0.704. The molecule has 0 bridgehead atoms. The summed E-state index contributed by atoms with van der Waals surface area (Å²) >= 11 is 0. The van der Waals surface area contributed by atoms with Crippen LogP contribution in [0.5, 0.6) is 0 Å². The van der Waals surface area contributed by atoms with Crippen molar-refractivity contribution in [3.05, 3.63) is 0 Å². The van der Waals surface area contributed by atoms with Gasteiger partial charge in [0, 0.05) is 12.8 Å². The molecule has 0 aromatic rings. The molecule has 2 heteroatoms. The van der Waals surface area contributed by atoms with Crippen LogP contribution in [0.15, 0.2) is 0 Å². The van der Waals surface area contributed by atoms with Crippen molar-refractivity contribution in [3.8, 4) is 11.8 Å². The lowest BCUT2D eigenvalue weighted by atomic mass is 10.3. The molecule has 0 atom stereocenters. The molecule has 0 radical (unpaired) electrons. The summed E-state index contributed by atoms with van der Waals surface area (Å²) in [7, 11) is 0. The van der Waals surface area contributed by atoms with Crippen molar-refractivity contribution in [1.29, 1.82) is 0 Å².